The fraction of sp³-hybridized carbons (Fsp3) is 0.474. The summed E-state index contributed by atoms with van der Waals surface area (Å²) in [5, 5.41) is 3.33. The molecule has 0 saturated carbocycles. The van der Waals surface area contributed by atoms with Crippen LogP contribution in [0, 0.1) is 6.92 Å². The Balaban J connectivity index is 1.42. The molecule has 0 aromatic carbocycles. The summed E-state index contributed by atoms with van der Waals surface area (Å²) < 4.78 is 6.17. The number of anilines is 1. The van der Waals surface area contributed by atoms with E-state index in [1.165, 1.54) is 0 Å². The first-order valence-electron chi connectivity index (χ1n) is 9.04. The maximum absolute atomic E-state index is 12.8. The van der Waals surface area contributed by atoms with Crippen molar-refractivity contribution in [2.75, 3.05) is 25.0 Å². The Labute approximate surface area is 152 Å². The van der Waals surface area contributed by atoms with Crippen molar-refractivity contribution in [1.29, 1.82) is 0 Å². The highest BCUT2D eigenvalue weighted by Crippen LogP contribution is 2.35. The molecule has 2 aliphatic heterocycles. The Bertz CT molecular complexity index is 785. The molecule has 2 atom stereocenters. The Morgan fingerprint density at radius 3 is 2.96 bits per heavy atom. The minimum Gasteiger partial charge on any atom is -0.371 e. The second-order valence-corrected chi connectivity index (χ2v) is 7.11. The van der Waals surface area contributed by atoms with E-state index in [0.29, 0.717) is 24.8 Å². The molecule has 2 aromatic rings. The molecule has 7 nitrogen and oxygen atoms in total. The third-order valence-electron chi connectivity index (χ3n) is 5.04. The number of rotatable bonds is 3. The summed E-state index contributed by atoms with van der Waals surface area (Å²) in [4.78, 5) is 27.5. The van der Waals surface area contributed by atoms with Gasteiger partial charge in [-0.15, -0.1) is 0 Å². The number of carbonyl (C=O) groups is 1. The molecule has 2 aromatic heterocycles. The van der Waals surface area contributed by atoms with Crippen molar-refractivity contribution in [3.05, 3.63) is 48.0 Å². The number of nitrogens with zero attached hydrogens (tertiary/aromatic N) is 4. The van der Waals surface area contributed by atoms with Crippen LogP contribution in [0.5, 0.6) is 0 Å². The van der Waals surface area contributed by atoms with Gasteiger partial charge >= 0.3 is 0 Å². The van der Waals surface area contributed by atoms with Crippen molar-refractivity contribution < 1.29 is 9.53 Å². The molecule has 2 unspecified atom stereocenters. The fourth-order valence-electron chi connectivity index (χ4n) is 3.87. The number of hydrogen-bond donors (Lipinski definition) is 1. The number of piperidine rings is 1. The van der Waals surface area contributed by atoms with E-state index in [4.69, 9.17) is 4.74 Å². The molecule has 2 fully saturated rings. The van der Waals surface area contributed by atoms with Crippen molar-refractivity contribution in [3.8, 4) is 0 Å². The summed E-state index contributed by atoms with van der Waals surface area (Å²) in [6.45, 7) is 3.86. The third kappa shape index (κ3) is 3.53. The Morgan fingerprint density at radius 1 is 1.31 bits per heavy atom. The predicted molar refractivity (Wildman–Crippen MR) is 96.9 cm³/mol. The molecule has 4 rings (SSSR count). The van der Waals surface area contributed by atoms with E-state index in [9.17, 15) is 4.79 Å². The van der Waals surface area contributed by atoms with Gasteiger partial charge in [0.15, 0.2) is 0 Å². The van der Waals surface area contributed by atoms with E-state index < -0.39 is 0 Å². The number of aromatic nitrogens is 3. The summed E-state index contributed by atoms with van der Waals surface area (Å²) in [6, 6.07) is 7.51. The lowest BCUT2D eigenvalue weighted by molar-refractivity contribution is -0.0448. The van der Waals surface area contributed by atoms with E-state index >= 15 is 0 Å². The van der Waals surface area contributed by atoms with E-state index in [-0.39, 0.29) is 17.6 Å². The van der Waals surface area contributed by atoms with Gasteiger partial charge in [-0.2, -0.15) is 0 Å². The average molecular weight is 353 g/mol. The first-order chi connectivity index (χ1) is 12.6. The van der Waals surface area contributed by atoms with Crippen LogP contribution in [0.15, 0.2) is 36.7 Å². The lowest BCUT2D eigenvalue weighted by Crippen LogP contribution is -2.50. The zero-order valence-corrected chi connectivity index (χ0v) is 14.9. The summed E-state index contributed by atoms with van der Waals surface area (Å²) in [5.41, 5.74) is 1.07. The van der Waals surface area contributed by atoms with E-state index in [2.05, 4.69) is 20.3 Å². The van der Waals surface area contributed by atoms with Gasteiger partial charge in [0.1, 0.15) is 5.69 Å². The lowest BCUT2D eigenvalue weighted by atomic mass is 9.88. The van der Waals surface area contributed by atoms with Crippen LogP contribution >= 0.6 is 0 Å². The lowest BCUT2D eigenvalue weighted by Gasteiger charge is -2.39. The zero-order chi connectivity index (χ0) is 18.0. The number of ether oxygens (including phenoxy) is 1. The minimum absolute atomic E-state index is 0.0147. The monoisotopic (exact) mass is 353 g/mol. The van der Waals surface area contributed by atoms with Gasteiger partial charge in [0.05, 0.1) is 24.8 Å². The molecule has 0 bridgehead atoms. The maximum atomic E-state index is 12.8. The van der Waals surface area contributed by atoms with Crippen molar-refractivity contribution in [3.63, 3.8) is 0 Å². The Morgan fingerprint density at radius 2 is 2.15 bits per heavy atom. The molecule has 1 spiro atoms. The molecular weight excluding hydrogens is 330 g/mol. The van der Waals surface area contributed by atoms with Gasteiger partial charge in [-0.1, -0.05) is 6.07 Å². The molecule has 7 heteroatoms. The molecule has 0 aliphatic carbocycles. The molecule has 1 amide bonds. The normalized spacial score (nSPS) is 25.4. The maximum Gasteiger partial charge on any atom is 0.272 e. The number of aryl methyl sites for hydroxylation is 1. The van der Waals surface area contributed by atoms with E-state index in [1.54, 1.807) is 24.5 Å². The first-order valence-corrected chi connectivity index (χ1v) is 9.04. The molecule has 26 heavy (non-hydrogen) atoms. The third-order valence-corrected chi connectivity index (χ3v) is 5.04. The van der Waals surface area contributed by atoms with Gasteiger partial charge in [0.25, 0.3) is 5.91 Å². The summed E-state index contributed by atoms with van der Waals surface area (Å²) >= 11 is 0. The molecular formula is C19H23N5O2. The minimum atomic E-state index is -0.288. The SMILES string of the molecule is Cc1cccc(C(=O)N2CCCC3(CC(Nc4ncccn4)CO3)C2)n1. The van der Waals surface area contributed by atoms with Crippen molar-refractivity contribution in [2.45, 2.75) is 37.8 Å². The summed E-state index contributed by atoms with van der Waals surface area (Å²) in [6.07, 6.45) is 6.18. The first kappa shape index (κ1) is 16.9. The Hall–Kier alpha value is -2.54. The highest BCUT2D eigenvalue weighted by molar-refractivity contribution is 5.92. The molecule has 0 radical (unpaired) electrons. The number of nitrogens with one attached hydrogen (secondary N) is 1. The van der Waals surface area contributed by atoms with Gasteiger partial charge in [-0.05, 0) is 38.0 Å². The smallest absolute Gasteiger partial charge is 0.272 e. The van der Waals surface area contributed by atoms with Crippen molar-refractivity contribution in [2.24, 2.45) is 0 Å². The van der Waals surface area contributed by atoms with E-state index in [0.717, 1.165) is 31.5 Å². The van der Waals surface area contributed by atoms with Crippen molar-refractivity contribution >= 4 is 11.9 Å². The van der Waals surface area contributed by atoms with Gasteiger partial charge in [0.2, 0.25) is 5.95 Å². The summed E-state index contributed by atoms with van der Waals surface area (Å²) in [5.74, 6) is 0.602. The molecule has 2 aliphatic rings. The predicted octanol–water partition coefficient (Wildman–Crippen LogP) is 2.06. The number of pyridine rings is 1. The van der Waals surface area contributed by atoms with Gasteiger partial charge in [-0.25, -0.2) is 15.0 Å². The van der Waals surface area contributed by atoms with Gasteiger partial charge in [-0.3, -0.25) is 4.79 Å². The molecule has 2 saturated heterocycles. The standard InChI is InChI=1S/C19H23N5O2/c1-14-5-2-6-16(22-14)17(25)24-10-3-7-19(13-24)11-15(12-26-19)23-18-20-8-4-9-21-18/h2,4-6,8-9,15H,3,7,10-13H2,1H3,(H,20,21,23). The molecule has 4 heterocycles. The number of carbonyl (C=O) groups excluding carboxylic acids is 1. The van der Waals surface area contributed by atoms with Crippen LogP contribution < -0.4 is 5.32 Å². The highest BCUT2D eigenvalue weighted by Gasteiger charge is 2.44. The molecule has 1 N–H and O–H groups in total. The number of likely N-dealkylation sites (tertiary alicyclic amines) is 1. The van der Waals surface area contributed by atoms with Gasteiger partial charge < -0.3 is 15.0 Å². The van der Waals surface area contributed by atoms with Crippen LogP contribution in [0.3, 0.4) is 0 Å². The Kier molecular flexibility index (Phi) is 4.55. The molecule has 136 valence electrons. The number of amides is 1. The summed E-state index contributed by atoms with van der Waals surface area (Å²) in [7, 11) is 0. The topological polar surface area (TPSA) is 80.2 Å². The fourth-order valence-corrected chi connectivity index (χ4v) is 3.87. The van der Waals surface area contributed by atoms with Gasteiger partial charge in [0, 0.05) is 31.1 Å². The van der Waals surface area contributed by atoms with Crippen LogP contribution in [-0.2, 0) is 4.74 Å². The quantitative estimate of drug-likeness (QED) is 0.910. The average Bonchev–Trinajstić information content (AvgIpc) is 3.03. The second-order valence-electron chi connectivity index (χ2n) is 7.11. The zero-order valence-electron chi connectivity index (χ0n) is 14.9. The van der Waals surface area contributed by atoms with E-state index in [1.807, 2.05) is 24.0 Å². The van der Waals surface area contributed by atoms with Crippen LogP contribution in [0.1, 0.15) is 35.4 Å². The van der Waals surface area contributed by atoms with Crippen LogP contribution in [-0.4, -0.2) is 57.1 Å². The van der Waals surface area contributed by atoms with Crippen LogP contribution in [0.25, 0.3) is 0 Å². The van der Waals surface area contributed by atoms with Crippen LogP contribution in [0.2, 0.25) is 0 Å². The highest BCUT2D eigenvalue weighted by atomic mass is 16.5. The second kappa shape index (κ2) is 6.99. The van der Waals surface area contributed by atoms with Crippen LogP contribution in [0.4, 0.5) is 5.95 Å². The number of hydrogen-bond acceptors (Lipinski definition) is 6. The largest absolute Gasteiger partial charge is 0.371 e. The van der Waals surface area contributed by atoms with Crippen molar-refractivity contribution in [1.82, 2.24) is 19.9 Å².